The Hall–Kier alpha value is -2.05. The summed E-state index contributed by atoms with van der Waals surface area (Å²) in [5.74, 6) is 0. The van der Waals surface area contributed by atoms with Crippen LogP contribution in [0.3, 0.4) is 0 Å². The number of halogens is 1. The van der Waals surface area contributed by atoms with Crippen LogP contribution in [0.15, 0.2) is 53.7 Å². The number of anilines is 1. The normalized spacial score (nSPS) is 11.7. The van der Waals surface area contributed by atoms with Crippen LogP contribution in [0.5, 0.6) is 0 Å². The molecule has 1 N–H and O–H groups in total. The molecular weight excluding hydrogens is 322 g/mol. The Kier molecular flexibility index (Phi) is 3.80. The summed E-state index contributed by atoms with van der Waals surface area (Å²) in [6.07, 6.45) is 4.83. The fraction of sp³-hybridized carbons (Fsp3) is 0.133. The molecule has 0 radical (unpaired) electrons. The van der Waals surface area contributed by atoms with Gasteiger partial charge in [-0.1, -0.05) is 23.7 Å². The minimum atomic E-state index is -3.27. The molecule has 0 unspecified atom stereocenters. The number of hydrogen-bond acceptors (Lipinski definition) is 4. The van der Waals surface area contributed by atoms with Gasteiger partial charge in [-0.25, -0.2) is 13.4 Å². The minimum absolute atomic E-state index is 0.279. The second-order valence-electron chi connectivity index (χ2n) is 4.97. The van der Waals surface area contributed by atoms with E-state index in [0.29, 0.717) is 17.3 Å². The van der Waals surface area contributed by atoms with E-state index in [2.05, 4.69) is 10.3 Å². The SMILES string of the molecule is CS(=O)(=O)c1ccccc1NCc1cn2cc(Cl)ccc2n1. The lowest BCUT2D eigenvalue weighted by molar-refractivity contribution is 0.602. The predicted octanol–water partition coefficient (Wildman–Crippen LogP) is 3.00. The molecule has 2 aromatic heterocycles. The zero-order valence-corrected chi connectivity index (χ0v) is 13.4. The average molecular weight is 336 g/mol. The zero-order valence-electron chi connectivity index (χ0n) is 11.8. The number of para-hydroxylation sites is 1. The molecule has 3 rings (SSSR count). The third-order valence-corrected chi connectivity index (χ3v) is 4.59. The molecule has 114 valence electrons. The molecule has 0 amide bonds. The number of benzene rings is 1. The molecule has 22 heavy (non-hydrogen) atoms. The van der Waals surface area contributed by atoms with Crippen LogP contribution in [0, 0.1) is 0 Å². The van der Waals surface area contributed by atoms with Gasteiger partial charge in [0.25, 0.3) is 0 Å². The second-order valence-corrected chi connectivity index (χ2v) is 7.39. The first-order chi connectivity index (χ1) is 10.4. The van der Waals surface area contributed by atoms with Crippen molar-refractivity contribution in [2.24, 2.45) is 0 Å². The van der Waals surface area contributed by atoms with Gasteiger partial charge < -0.3 is 9.72 Å². The molecule has 0 atom stereocenters. The van der Waals surface area contributed by atoms with E-state index in [4.69, 9.17) is 11.6 Å². The van der Waals surface area contributed by atoms with Crippen LogP contribution in [0.2, 0.25) is 5.02 Å². The Balaban J connectivity index is 1.85. The number of rotatable bonds is 4. The van der Waals surface area contributed by atoms with Crippen LogP contribution >= 0.6 is 11.6 Å². The van der Waals surface area contributed by atoms with Crippen LogP contribution in [0.4, 0.5) is 5.69 Å². The Morgan fingerprint density at radius 2 is 1.95 bits per heavy atom. The number of hydrogen-bond donors (Lipinski definition) is 1. The summed E-state index contributed by atoms with van der Waals surface area (Å²) < 4.78 is 25.4. The van der Waals surface area contributed by atoms with Crippen molar-refractivity contribution < 1.29 is 8.42 Å². The predicted molar refractivity (Wildman–Crippen MR) is 87.1 cm³/mol. The lowest BCUT2D eigenvalue weighted by Crippen LogP contribution is -2.06. The lowest BCUT2D eigenvalue weighted by atomic mass is 10.3. The molecule has 2 heterocycles. The van der Waals surface area contributed by atoms with E-state index in [9.17, 15) is 8.42 Å². The summed E-state index contributed by atoms with van der Waals surface area (Å²) in [6.45, 7) is 0.422. The maximum absolute atomic E-state index is 11.8. The highest BCUT2D eigenvalue weighted by atomic mass is 35.5. The Morgan fingerprint density at radius 1 is 1.18 bits per heavy atom. The highest BCUT2D eigenvalue weighted by molar-refractivity contribution is 7.90. The summed E-state index contributed by atoms with van der Waals surface area (Å²) in [5, 5.41) is 3.76. The third-order valence-electron chi connectivity index (χ3n) is 3.21. The van der Waals surface area contributed by atoms with Gasteiger partial charge in [-0.15, -0.1) is 0 Å². The molecule has 1 aromatic carbocycles. The van der Waals surface area contributed by atoms with Crippen LogP contribution in [-0.4, -0.2) is 24.1 Å². The highest BCUT2D eigenvalue weighted by Gasteiger charge is 2.12. The number of aromatic nitrogens is 2. The van der Waals surface area contributed by atoms with Gasteiger partial charge in [0, 0.05) is 18.6 Å². The van der Waals surface area contributed by atoms with E-state index < -0.39 is 9.84 Å². The second kappa shape index (κ2) is 5.62. The number of fused-ring (bicyclic) bond motifs is 1. The Bertz CT molecular complexity index is 935. The summed E-state index contributed by atoms with van der Waals surface area (Å²) >= 11 is 5.94. The van der Waals surface area contributed by atoms with Crippen molar-refractivity contribution in [3.8, 4) is 0 Å². The fourth-order valence-electron chi connectivity index (χ4n) is 2.22. The first-order valence-corrected chi connectivity index (χ1v) is 8.86. The summed E-state index contributed by atoms with van der Waals surface area (Å²) in [7, 11) is -3.27. The fourth-order valence-corrected chi connectivity index (χ4v) is 3.26. The highest BCUT2D eigenvalue weighted by Crippen LogP contribution is 2.21. The average Bonchev–Trinajstić information content (AvgIpc) is 2.86. The minimum Gasteiger partial charge on any atom is -0.378 e. The van der Waals surface area contributed by atoms with Gasteiger partial charge in [0.1, 0.15) is 5.65 Å². The molecule has 0 aliphatic carbocycles. The van der Waals surface area contributed by atoms with E-state index in [-0.39, 0.29) is 4.90 Å². The molecule has 0 aliphatic rings. The van der Waals surface area contributed by atoms with E-state index >= 15 is 0 Å². The summed E-state index contributed by atoms with van der Waals surface area (Å²) in [6, 6.07) is 10.4. The Labute approximate surface area is 133 Å². The zero-order chi connectivity index (χ0) is 15.7. The first kappa shape index (κ1) is 14.9. The molecule has 0 saturated carbocycles. The third kappa shape index (κ3) is 3.08. The number of nitrogens with zero attached hydrogens (tertiary/aromatic N) is 2. The van der Waals surface area contributed by atoms with Crippen molar-refractivity contribution in [2.45, 2.75) is 11.4 Å². The molecular formula is C15H14ClN3O2S. The number of nitrogens with one attached hydrogen (secondary N) is 1. The lowest BCUT2D eigenvalue weighted by Gasteiger charge is -2.09. The molecule has 3 aromatic rings. The molecule has 0 saturated heterocycles. The summed E-state index contributed by atoms with van der Waals surface area (Å²) in [4.78, 5) is 4.73. The molecule has 0 spiro atoms. The monoisotopic (exact) mass is 335 g/mol. The molecule has 5 nitrogen and oxygen atoms in total. The maximum atomic E-state index is 11.8. The van der Waals surface area contributed by atoms with Gasteiger partial charge in [0.05, 0.1) is 27.8 Å². The van der Waals surface area contributed by atoms with Gasteiger partial charge in [-0.2, -0.15) is 0 Å². The number of sulfone groups is 1. The van der Waals surface area contributed by atoms with Gasteiger partial charge >= 0.3 is 0 Å². The Morgan fingerprint density at radius 3 is 2.73 bits per heavy atom. The van der Waals surface area contributed by atoms with Crippen molar-refractivity contribution in [3.63, 3.8) is 0 Å². The van der Waals surface area contributed by atoms with Gasteiger partial charge in [0.2, 0.25) is 0 Å². The van der Waals surface area contributed by atoms with Crippen molar-refractivity contribution >= 4 is 32.8 Å². The molecule has 0 fully saturated rings. The molecule has 0 aliphatic heterocycles. The van der Waals surface area contributed by atoms with Crippen molar-refractivity contribution in [1.82, 2.24) is 9.38 Å². The van der Waals surface area contributed by atoms with Crippen LogP contribution in [0.1, 0.15) is 5.69 Å². The largest absolute Gasteiger partial charge is 0.378 e. The molecule has 7 heteroatoms. The summed E-state index contributed by atoms with van der Waals surface area (Å²) in [5.41, 5.74) is 2.16. The van der Waals surface area contributed by atoms with Crippen molar-refractivity contribution in [1.29, 1.82) is 0 Å². The quantitative estimate of drug-likeness (QED) is 0.796. The van der Waals surface area contributed by atoms with Gasteiger partial charge in [-0.05, 0) is 24.3 Å². The van der Waals surface area contributed by atoms with Gasteiger partial charge in [0.15, 0.2) is 9.84 Å². The smallest absolute Gasteiger partial charge is 0.177 e. The van der Waals surface area contributed by atoms with E-state index in [1.54, 1.807) is 36.5 Å². The van der Waals surface area contributed by atoms with E-state index in [0.717, 1.165) is 11.3 Å². The van der Waals surface area contributed by atoms with Crippen molar-refractivity contribution in [3.05, 3.63) is 59.5 Å². The standard InChI is InChI=1S/C15H14ClN3O2S/c1-22(20,21)14-5-3-2-4-13(14)17-8-12-10-19-9-11(16)6-7-15(19)18-12/h2-7,9-10,17H,8H2,1H3. The maximum Gasteiger partial charge on any atom is 0.177 e. The van der Waals surface area contributed by atoms with Crippen LogP contribution in [-0.2, 0) is 16.4 Å². The van der Waals surface area contributed by atoms with Crippen molar-refractivity contribution in [2.75, 3.05) is 11.6 Å². The molecule has 0 bridgehead atoms. The van der Waals surface area contributed by atoms with Crippen LogP contribution in [0.25, 0.3) is 5.65 Å². The van der Waals surface area contributed by atoms with E-state index in [1.165, 1.54) is 6.26 Å². The van der Waals surface area contributed by atoms with E-state index in [1.807, 2.05) is 16.7 Å². The number of imidazole rings is 1. The topological polar surface area (TPSA) is 63.5 Å². The van der Waals surface area contributed by atoms with Gasteiger partial charge in [-0.3, -0.25) is 0 Å². The number of pyridine rings is 1. The first-order valence-electron chi connectivity index (χ1n) is 6.59. The van der Waals surface area contributed by atoms with Crippen LogP contribution < -0.4 is 5.32 Å².